The molecule has 0 radical (unpaired) electrons. The fourth-order valence-electron chi connectivity index (χ4n) is 2.70. The first-order valence-corrected chi connectivity index (χ1v) is 7.28. The number of aromatic hydroxyl groups is 1. The smallest absolute Gasteiger partial charge is 0.254 e. The maximum Gasteiger partial charge on any atom is 0.254 e. The van der Waals surface area contributed by atoms with Gasteiger partial charge in [-0.3, -0.25) is 4.79 Å². The van der Waals surface area contributed by atoms with Crippen molar-refractivity contribution in [3.8, 4) is 5.75 Å². The maximum atomic E-state index is 12.7. The highest BCUT2D eigenvalue weighted by Gasteiger charge is 2.27. The molecule has 0 saturated heterocycles. The van der Waals surface area contributed by atoms with Crippen LogP contribution in [0.4, 0.5) is 0 Å². The molecule has 1 aromatic carbocycles. The van der Waals surface area contributed by atoms with Crippen molar-refractivity contribution >= 4 is 23.1 Å². The summed E-state index contributed by atoms with van der Waals surface area (Å²) in [7, 11) is 0. The number of amides is 1. The lowest BCUT2D eigenvalue weighted by Gasteiger charge is -2.28. The summed E-state index contributed by atoms with van der Waals surface area (Å²) in [5, 5.41) is 9.56. The second-order valence-corrected chi connectivity index (χ2v) is 5.86. The second kappa shape index (κ2) is 6.22. The summed E-state index contributed by atoms with van der Waals surface area (Å²) in [5.41, 5.74) is 6.89. The molecule has 108 valence electrons. The van der Waals surface area contributed by atoms with Crippen molar-refractivity contribution < 1.29 is 9.90 Å². The maximum absolute atomic E-state index is 12.7. The molecular formula is C15H20N2O2S. The van der Waals surface area contributed by atoms with Crippen LogP contribution in [0.25, 0.3) is 0 Å². The molecule has 1 amide bonds. The third kappa shape index (κ3) is 3.28. The molecule has 1 aromatic rings. The van der Waals surface area contributed by atoms with Crippen molar-refractivity contribution in [1.29, 1.82) is 0 Å². The Morgan fingerprint density at radius 1 is 1.45 bits per heavy atom. The molecule has 1 aliphatic rings. The molecule has 0 spiro atoms. The zero-order valence-corrected chi connectivity index (χ0v) is 12.4. The number of phenolic OH excluding ortho intramolecular Hbond substituents is 1. The van der Waals surface area contributed by atoms with Gasteiger partial charge in [0.2, 0.25) is 0 Å². The van der Waals surface area contributed by atoms with E-state index >= 15 is 0 Å². The number of phenols is 1. The van der Waals surface area contributed by atoms with E-state index in [-0.39, 0.29) is 17.7 Å². The van der Waals surface area contributed by atoms with Crippen molar-refractivity contribution in [1.82, 2.24) is 4.90 Å². The van der Waals surface area contributed by atoms with Crippen molar-refractivity contribution in [3.63, 3.8) is 0 Å². The highest BCUT2D eigenvalue weighted by atomic mass is 32.1. The molecule has 4 nitrogen and oxygen atoms in total. The molecule has 0 aliphatic heterocycles. The van der Waals surface area contributed by atoms with E-state index in [4.69, 9.17) is 18.0 Å². The summed E-state index contributed by atoms with van der Waals surface area (Å²) in [6.07, 6.45) is 4.29. The molecule has 5 heteroatoms. The summed E-state index contributed by atoms with van der Waals surface area (Å²) in [6.45, 7) is 2.10. The molecule has 3 N–H and O–H groups in total. The van der Waals surface area contributed by atoms with Crippen LogP contribution in [0.3, 0.4) is 0 Å². The molecule has 1 aliphatic carbocycles. The Hall–Kier alpha value is -1.62. The lowest BCUT2D eigenvalue weighted by molar-refractivity contribution is 0.0714. The van der Waals surface area contributed by atoms with Crippen LogP contribution in [0, 0.1) is 6.92 Å². The molecule has 0 aromatic heterocycles. The number of carbonyl (C=O) groups is 1. The third-order valence-electron chi connectivity index (χ3n) is 3.80. The summed E-state index contributed by atoms with van der Waals surface area (Å²) < 4.78 is 0. The van der Waals surface area contributed by atoms with Gasteiger partial charge >= 0.3 is 0 Å². The van der Waals surface area contributed by atoms with E-state index in [9.17, 15) is 9.90 Å². The number of aryl methyl sites for hydroxylation is 1. The summed E-state index contributed by atoms with van der Waals surface area (Å²) >= 11 is 4.97. The predicted molar refractivity (Wildman–Crippen MR) is 82.9 cm³/mol. The number of hydrogen-bond donors (Lipinski definition) is 2. The van der Waals surface area contributed by atoms with Gasteiger partial charge in [0.1, 0.15) is 5.75 Å². The SMILES string of the molecule is Cc1cc(C(=O)N(CC(N)=S)C2CCCC2)ccc1O. The molecule has 20 heavy (non-hydrogen) atoms. The van der Waals surface area contributed by atoms with Gasteiger partial charge in [-0.25, -0.2) is 0 Å². The highest BCUT2D eigenvalue weighted by molar-refractivity contribution is 7.80. The van der Waals surface area contributed by atoms with Crippen LogP contribution in [0.5, 0.6) is 5.75 Å². The van der Waals surface area contributed by atoms with Gasteiger partial charge in [-0.15, -0.1) is 0 Å². The van der Waals surface area contributed by atoms with Gasteiger partial charge in [0.15, 0.2) is 0 Å². The van der Waals surface area contributed by atoms with Gasteiger partial charge in [0.05, 0.1) is 11.5 Å². The Bertz CT molecular complexity index is 525. The Kier molecular flexibility index (Phi) is 4.60. The first-order chi connectivity index (χ1) is 9.49. The van der Waals surface area contributed by atoms with E-state index in [1.54, 1.807) is 30.0 Å². The molecular weight excluding hydrogens is 272 g/mol. The number of thiocarbonyl (C=S) groups is 1. The summed E-state index contributed by atoms with van der Waals surface area (Å²) in [6, 6.07) is 5.12. The van der Waals surface area contributed by atoms with Crippen molar-refractivity contribution in [2.45, 2.75) is 38.6 Å². The fourth-order valence-corrected chi connectivity index (χ4v) is 2.84. The second-order valence-electron chi connectivity index (χ2n) is 5.34. The van der Waals surface area contributed by atoms with Gasteiger partial charge < -0.3 is 15.7 Å². The van der Waals surface area contributed by atoms with E-state index in [2.05, 4.69) is 0 Å². The Balaban J connectivity index is 2.24. The molecule has 1 saturated carbocycles. The van der Waals surface area contributed by atoms with E-state index in [0.717, 1.165) is 25.7 Å². The lowest BCUT2D eigenvalue weighted by Crippen LogP contribution is -2.43. The monoisotopic (exact) mass is 292 g/mol. The van der Waals surface area contributed by atoms with E-state index in [0.29, 0.717) is 22.7 Å². The largest absolute Gasteiger partial charge is 0.508 e. The van der Waals surface area contributed by atoms with Crippen molar-refractivity contribution in [3.05, 3.63) is 29.3 Å². The van der Waals surface area contributed by atoms with Gasteiger partial charge in [0.25, 0.3) is 5.91 Å². The van der Waals surface area contributed by atoms with Crippen LogP contribution in [-0.2, 0) is 0 Å². The molecule has 1 fully saturated rings. The van der Waals surface area contributed by atoms with Crippen molar-refractivity contribution in [2.75, 3.05) is 6.54 Å². The third-order valence-corrected chi connectivity index (χ3v) is 3.93. The number of nitrogens with zero attached hydrogens (tertiary/aromatic N) is 1. The first-order valence-electron chi connectivity index (χ1n) is 6.88. The summed E-state index contributed by atoms with van der Waals surface area (Å²) in [4.78, 5) is 14.8. The van der Waals surface area contributed by atoms with E-state index in [1.165, 1.54) is 0 Å². The molecule has 0 atom stereocenters. The lowest BCUT2D eigenvalue weighted by atomic mass is 10.1. The fraction of sp³-hybridized carbons (Fsp3) is 0.467. The number of benzene rings is 1. The van der Waals surface area contributed by atoms with Gasteiger partial charge in [-0.1, -0.05) is 25.1 Å². The number of rotatable bonds is 4. The van der Waals surface area contributed by atoms with Crippen LogP contribution in [0.15, 0.2) is 18.2 Å². The molecule has 2 rings (SSSR count). The summed E-state index contributed by atoms with van der Waals surface area (Å²) in [5.74, 6) is 0.135. The first kappa shape index (κ1) is 14.8. The number of carbonyl (C=O) groups excluding carboxylic acids is 1. The zero-order valence-electron chi connectivity index (χ0n) is 11.6. The Morgan fingerprint density at radius 2 is 2.10 bits per heavy atom. The van der Waals surface area contributed by atoms with Crippen molar-refractivity contribution in [2.24, 2.45) is 5.73 Å². The van der Waals surface area contributed by atoms with Crippen LogP contribution in [-0.4, -0.2) is 33.5 Å². The molecule has 0 bridgehead atoms. The van der Waals surface area contributed by atoms with Crippen LogP contribution in [0.1, 0.15) is 41.6 Å². The van der Waals surface area contributed by atoms with E-state index < -0.39 is 0 Å². The minimum absolute atomic E-state index is 0.0622. The predicted octanol–water partition coefficient (Wildman–Crippen LogP) is 2.37. The van der Waals surface area contributed by atoms with Crippen LogP contribution in [0.2, 0.25) is 0 Å². The normalized spacial score (nSPS) is 15.2. The van der Waals surface area contributed by atoms with Gasteiger partial charge in [0, 0.05) is 11.6 Å². The Labute approximate surface area is 124 Å². The average molecular weight is 292 g/mol. The standard InChI is InChI=1S/C15H20N2O2S/c1-10-8-11(6-7-13(10)18)15(19)17(9-14(16)20)12-4-2-3-5-12/h6-8,12,18H,2-5,9H2,1H3,(H2,16,20). The number of nitrogens with two attached hydrogens (primary N) is 1. The molecule has 0 heterocycles. The van der Waals surface area contributed by atoms with Gasteiger partial charge in [-0.05, 0) is 43.5 Å². The zero-order chi connectivity index (χ0) is 14.7. The average Bonchev–Trinajstić information content (AvgIpc) is 2.92. The quantitative estimate of drug-likeness (QED) is 0.836. The van der Waals surface area contributed by atoms with Crippen LogP contribution >= 0.6 is 12.2 Å². The van der Waals surface area contributed by atoms with E-state index in [1.807, 2.05) is 0 Å². The van der Waals surface area contributed by atoms with Crippen LogP contribution < -0.4 is 5.73 Å². The molecule has 0 unspecified atom stereocenters. The minimum atomic E-state index is -0.0622. The van der Waals surface area contributed by atoms with Gasteiger partial charge in [-0.2, -0.15) is 0 Å². The highest BCUT2D eigenvalue weighted by Crippen LogP contribution is 2.26. The minimum Gasteiger partial charge on any atom is -0.508 e. The number of hydrogen-bond acceptors (Lipinski definition) is 3. The Morgan fingerprint density at radius 3 is 2.65 bits per heavy atom. The topological polar surface area (TPSA) is 66.6 Å².